The van der Waals surface area contributed by atoms with Crippen molar-refractivity contribution in [1.82, 2.24) is 9.80 Å². The maximum atomic E-state index is 12.3. The summed E-state index contributed by atoms with van der Waals surface area (Å²) in [6, 6.07) is 3.63. The first-order valence-corrected chi connectivity index (χ1v) is 10.8. The molecule has 2 aliphatic heterocycles. The molecule has 0 spiro atoms. The summed E-state index contributed by atoms with van der Waals surface area (Å²) < 4.78 is 5.48. The Kier molecular flexibility index (Phi) is 6.77. The van der Waals surface area contributed by atoms with Gasteiger partial charge < -0.3 is 29.9 Å². The van der Waals surface area contributed by atoms with Gasteiger partial charge in [0, 0.05) is 62.8 Å². The predicted octanol–water partition coefficient (Wildman–Crippen LogP) is 3.27. The third-order valence-corrected chi connectivity index (χ3v) is 5.58. The van der Waals surface area contributed by atoms with Gasteiger partial charge in [0.15, 0.2) is 0 Å². The highest BCUT2D eigenvalue weighted by atomic mass is 16.6. The molecule has 2 heterocycles. The molecule has 2 N–H and O–H groups in total. The van der Waals surface area contributed by atoms with Crippen LogP contribution in [0, 0.1) is 6.92 Å². The molecule has 2 aliphatic rings. The van der Waals surface area contributed by atoms with Crippen LogP contribution in [-0.4, -0.2) is 79.0 Å². The molecule has 1 aromatic rings. The number of phenols is 1. The minimum atomic E-state index is -0.480. The van der Waals surface area contributed by atoms with Gasteiger partial charge in [0.1, 0.15) is 11.4 Å². The van der Waals surface area contributed by atoms with Crippen molar-refractivity contribution in [2.24, 2.45) is 0 Å². The summed E-state index contributed by atoms with van der Waals surface area (Å²) in [5.74, 6) is 0.267. The number of likely N-dealkylation sites (tertiary alicyclic amines) is 1. The number of carbonyl (C=O) groups is 1. The fourth-order valence-electron chi connectivity index (χ4n) is 4.01. The van der Waals surface area contributed by atoms with Crippen molar-refractivity contribution in [2.75, 3.05) is 62.6 Å². The van der Waals surface area contributed by atoms with Crippen molar-refractivity contribution in [3.63, 3.8) is 0 Å². The second-order valence-electron chi connectivity index (χ2n) is 9.07. The molecule has 7 heteroatoms. The van der Waals surface area contributed by atoms with Crippen LogP contribution in [0.3, 0.4) is 0 Å². The van der Waals surface area contributed by atoms with Gasteiger partial charge in [0.05, 0.1) is 0 Å². The molecule has 2 fully saturated rings. The summed E-state index contributed by atoms with van der Waals surface area (Å²) in [5.41, 5.74) is 2.66. The molecule has 0 unspecified atom stereocenters. The monoisotopic (exact) mass is 404 g/mol. The number of nitrogens with one attached hydrogen (secondary N) is 1. The number of hydrogen-bond acceptors (Lipinski definition) is 6. The van der Waals surface area contributed by atoms with E-state index in [2.05, 4.69) is 22.0 Å². The smallest absolute Gasteiger partial charge is 0.410 e. The van der Waals surface area contributed by atoms with Crippen molar-refractivity contribution in [3.05, 3.63) is 17.7 Å². The van der Waals surface area contributed by atoms with E-state index in [1.807, 2.05) is 26.8 Å². The molecule has 162 valence electrons. The van der Waals surface area contributed by atoms with E-state index in [4.69, 9.17) is 4.74 Å². The Morgan fingerprint density at radius 3 is 2.38 bits per heavy atom. The van der Waals surface area contributed by atoms with Gasteiger partial charge in [-0.2, -0.15) is 0 Å². The van der Waals surface area contributed by atoms with Gasteiger partial charge in [0.25, 0.3) is 0 Å². The third-order valence-electron chi connectivity index (χ3n) is 5.58. The number of phenolic OH excluding ortho intramolecular Hbond substituents is 1. The van der Waals surface area contributed by atoms with E-state index in [1.165, 1.54) is 25.9 Å². The average molecular weight is 405 g/mol. The molecule has 0 saturated carbocycles. The van der Waals surface area contributed by atoms with Crippen molar-refractivity contribution in [2.45, 2.75) is 46.1 Å². The van der Waals surface area contributed by atoms with Gasteiger partial charge >= 0.3 is 6.09 Å². The molecular weight excluding hydrogens is 368 g/mol. The standard InChI is InChI=1S/C22H36N4O3/c1-17-19(23-7-10-24-8-5-6-9-24)15-18(27)16-20(17)25-11-13-26(14-12-25)21(28)29-22(2,3)4/h15-16,23,27H,5-14H2,1-4H3. The third kappa shape index (κ3) is 5.92. The lowest BCUT2D eigenvalue weighted by Gasteiger charge is -2.37. The lowest BCUT2D eigenvalue weighted by atomic mass is 10.1. The molecule has 0 radical (unpaired) electrons. The van der Waals surface area contributed by atoms with Crippen molar-refractivity contribution < 1.29 is 14.6 Å². The highest BCUT2D eigenvalue weighted by molar-refractivity contribution is 5.71. The normalized spacial score (nSPS) is 18.2. The summed E-state index contributed by atoms with van der Waals surface area (Å²) in [5, 5.41) is 13.8. The second kappa shape index (κ2) is 9.11. The van der Waals surface area contributed by atoms with Gasteiger partial charge in [-0.25, -0.2) is 4.79 Å². The molecule has 1 aromatic carbocycles. The Morgan fingerprint density at radius 2 is 1.76 bits per heavy atom. The molecule has 2 saturated heterocycles. The van der Waals surface area contributed by atoms with E-state index in [1.54, 1.807) is 11.0 Å². The Balaban J connectivity index is 1.59. The summed E-state index contributed by atoms with van der Waals surface area (Å²) >= 11 is 0. The van der Waals surface area contributed by atoms with Crippen LogP contribution in [0.15, 0.2) is 12.1 Å². The zero-order valence-electron chi connectivity index (χ0n) is 18.3. The summed E-state index contributed by atoms with van der Waals surface area (Å²) in [7, 11) is 0. The first-order chi connectivity index (χ1) is 13.7. The zero-order valence-corrected chi connectivity index (χ0v) is 18.3. The van der Waals surface area contributed by atoms with Crippen molar-refractivity contribution in [3.8, 4) is 5.75 Å². The Hall–Kier alpha value is -2.15. The van der Waals surface area contributed by atoms with E-state index in [-0.39, 0.29) is 11.8 Å². The first kappa shape index (κ1) is 21.6. The van der Waals surface area contributed by atoms with Gasteiger partial charge in [-0.3, -0.25) is 0 Å². The zero-order chi connectivity index (χ0) is 21.0. The molecule has 0 aromatic heterocycles. The fourth-order valence-corrected chi connectivity index (χ4v) is 4.01. The molecule has 7 nitrogen and oxygen atoms in total. The predicted molar refractivity (Wildman–Crippen MR) is 117 cm³/mol. The van der Waals surface area contributed by atoms with Crippen LogP contribution in [0.2, 0.25) is 0 Å². The number of anilines is 2. The van der Waals surface area contributed by atoms with Crippen LogP contribution in [0.5, 0.6) is 5.75 Å². The van der Waals surface area contributed by atoms with Crippen LogP contribution in [-0.2, 0) is 4.74 Å². The Bertz CT molecular complexity index is 703. The maximum absolute atomic E-state index is 12.3. The highest BCUT2D eigenvalue weighted by Gasteiger charge is 2.27. The van der Waals surface area contributed by atoms with Crippen molar-refractivity contribution in [1.29, 1.82) is 0 Å². The Morgan fingerprint density at radius 1 is 1.10 bits per heavy atom. The van der Waals surface area contributed by atoms with Crippen LogP contribution in [0.25, 0.3) is 0 Å². The largest absolute Gasteiger partial charge is 0.508 e. The maximum Gasteiger partial charge on any atom is 0.410 e. The average Bonchev–Trinajstić information content (AvgIpc) is 3.16. The topological polar surface area (TPSA) is 68.3 Å². The number of aromatic hydroxyl groups is 1. The summed E-state index contributed by atoms with van der Waals surface area (Å²) in [6.45, 7) is 14.7. The van der Waals surface area contributed by atoms with Crippen LogP contribution >= 0.6 is 0 Å². The number of piperazine rings is 1. The summed E-state index contributed by atoms with van der Waals surface area (Å²) in [6.07, 6.45) is 2.34. The number of benzene rings is 1. The first-order valence-electron chi connectivity index (χ1n) is 10.8. The number of hydrogen-bond donors (Lipinski definition) is 2. The minimum absolute atomic E-state index is 0.256. The number of nitrogens with zero attached hydrogens (tertiary/aromatic N) is 3. The Labute approximate surface area is 174 Å². The fraction of sp³-hybridized carbons (Fsp3) is 0.682. The number of carbonyl (C=O) groups excluding carboxylic acids is 1. The van der Waals surface area contributed by atoms with Crippen molar-refractivity contribution >= 4 is 17.5 Å². The van der Waals surface area contributed by atoms with Gasteiger partial charge in [-0.05, 0) is 59.2 Å². The molecule has 29 heavy (non-hydrogen) atoms. The van der Waals surface area contributed by atoms with Gasteiger partial charge in [0.2, 0.25) is 0 Å². The van der Waals surface area contributed by atoms with E-state index >= 15 is 0 Å². The quantitative estimate of drug-likeness (QED) is 0.785. The number of amides is 1. The lowest BCUT2D eigenvalue weighted by molar-refractivity contribution is 0.0240. The highest BCUT2D eigenvalue weighted by Crippen LogP contribution is 2.32. The molecule has 3 rings (SSSR count). The van der Waals surface area contributed by atoms with Gasteiger partial charge in [-0.1, -0.05) is 0 Å². The van der Waals surface area contributed by atoms with Crippen LogP contribution < -0.4 is 10.2 Å². The lowest BCUT2D eigenvalue weighted by Crippen LogP contribution is -2.50. The van der Waals surface area contributed by atoms with Crippen LogP contribution in [0.4, 0.5) is 16.2 Å². The van der Waals surface area contributed by atoms with Gasteiger partial charge in [-0.15, -0.1) is 0 Å². The molecule has 0 aliphatic carbocycles. The summed E-state index contributed by atoms with van der Waals surface area (Å²) in [4.78, 5) is 18.8. The molecule has 0 atom stereocenters. The van der Waals surface area contributed by atoms with Crippen LogP contribution in [0.1, 0.15) is 39.2 Å². The van der Waals surface area contributed by atoms with E-state index in [9.17, 15) is 9.90 Å². The van der Waals surface area contributed by atoms with E-state index in [0.717, 1.165) is 43.1 Å². The minimum Gasteiger partial charge on any atom is -0.508 e. The van der Waals surface area contributed by atoms with E-state index < -0.39 is 5.60 Å². The molecule has 0 bridgehead atoms. The van der Waals surface area contributed by atoms with E-state index in [0.29, 0.717) is 13.1 Å². The number of ether oxygens (including phenoxy) is 1. The SMILES string of the molecule is Cc1c(NCCN2CCCC2)cc(O)cc1N1CCN(C(=O)OC(C)(C)C)CC1. The second-order valence-corrected chi connectivity index (χ2v) is 9.07. The molecule has 1 amide bonds. The molecular formula is C22H36N4O3. The number of rotatable bonds is 5.